The molecule has 78 valence electrons. The lowest BCUT2D eigenvalue weighted by atomic mass is 10.1. The molecular weight excluding hydrogens is 236 g/mol. The van der Waals surface area contributed by atoms with Crippen LogP contribution in [0.5, 0.6) is 0 Å². The molecule has 1 rings (SSSR count). The van der Waals surface area contributed by atoms with Gasteiger partial charge in [0.2, 0.25) is 0 Å². The van der Waals surface area contributed by atoms with Gasteiger partial charge in [0.25, 0.3) is 0 Å². The first kappa shape index (κ1) is 11.8. The third-order valence-electron chi connectivity index (χ3n) is 2.47. The number of hydrogen-bond acceptors (Lipinski definition) is 0. The monoisotopic (exact) mass is 254 g/mol. The van der Waals surface area contributed by atoms with E-state index in [4.69, 9.17) is 0 Å². The van der Waals surface area contributed by atoms with Gasteiger partial charge < -0.3 is 0 Å². The van der Waals surface area contributed by atoms with Crippen LogP contribution in [0.15, 0.2) is 30.3 Å². The van der Waals surface area contributed by atoms with Gasteiger partial charge in [0, 0.05) is 4.83 Å². The number of alkyl halides is 1. The molecule has 0 unspecified atom stereocenters. The van der Waals surface area contributed by atoms with Crippen molar-refractivity contribution in [1.29, 1.82) is 0 Å². The Hall–Kier alpha value is -0.300. The number of hydrogen-bond donors (Lipinski definition) is 0. The fourth-order valence-electron chi connectivity index (χ4n) is 1.58. The molecule has 0 fully saturated rings. The lowest BCUT2D eigenvalue weighted by molar-refractivity contribution is 0.630. The van der Waals surface area contributed by atoms with Crippen molar-refractivity contribution in [3.63, 3.8) is 0 Å². The average molecular weight is 255 g/mol. The predicted octanol–water partition coefficient (Wildman–Crippen LogP) is 5.09. The van der Waals surface area contributed by atoms with Gasteiger partial charge in [-0.25, -0.2) is 0 Å². The maximum absolute atomic E-state index is 3.74. The molecule has 0 saturated carbocycles. The van der Waals surface area contributed by atoms with Crippen molar-refractivity contribution in [2.24, 2.45) is 0 Å². The summed E-state index contributed by atoms with van der Waals surface area (Å²) in [5.41, 5.74) is 1.41. The molecule has 0 aromatic heterocycles. The fourth-order valence-corrected chi connectivity index (χ4v) is 2.21. The van der Waals surface area contributed by atoms with Crippen molar-refractivity contribution in [3.8, 4) is 0 Å². The van der Waals surface area contributed by atoms with E-state index < -0.39 is 0 Å². The van der Waals surface area contributed by atoms with Crippen LogP contribution in [-0.2, 0) is 0 Å². The van der Waals surface area contributed by atoms with E-state index in [-0.39, 0.29) is 0 Å². The molecular formula is C13H19Br. The molecule has 0 saturated heterocycles. The number of benzene rings is 1. The molecule has 0 radical (unpaired) electrons. The molecule has 1 aromatic rings. The summed E-state index contributed by atoms with van der Waals surface area (Å²) in [4.78, 5) is 0.542. The topological polar surface area (TPSA) is 0 Å². The largest absolute Gasteiger partial charge is 0.0839 e. The van der Waals surface area contributed by atoms with Gasteiger partial charge in [-0.3, -0.25) is 0 Å². The van der Waals surface area contributed by atoms with Crippen LogP contribution < -0.4 is 0 Å². The molecule has 0 nitrogen and oxygen atoms in total. The zero-order chi connectivity index (χ0) is 10.2. The van der Waals surface area contributed by atoms with Crippen molar-refractivity contribution < 1.29 is 0 Å². The molecule has 0 amide bonds. The zero-order valence-corrected chi connectivity index (χ0v) is 10.5. The van der Waals surface area contributed by atoms with Gasteiger partial charge in [0.1, 0.15) is 0 Å². The van der Waals surface area contributed by atoms with Crippen LogP contribution in [-0.4, -0.2) is 0 Å². The van der Waals surface area contributed by atoms with E-state index >= 15 is 0 Å². The van der Waals surface area contributed by atoms with E-state index in [1.165, 1.54) is 37.7 Å². The summed E-state index contributed by atoms with van der Waals surface area (Å²) in [5.74, 6) is 0. The third-order valence-corrected chi connectivity index (χ3v) is 3.46. The van der Waals surface area contributed by atoms with Crippen LogP contribution in [0.25, 0.3) is 0 Å². The summed E-state index contributed by atoms with van der Waals surface area (Å²) in [5, 5.41) is 0. The molecule has 14 heavy (non-hydrogen) atoms. The smallest absolute Gasteiger partial charge is 0.0395 e. The van der Waals surface area contributed by atoms with E-state index in [1.807, 2.05) is 0 Å². The Balaban J connectivity index is 2.25. The van der Waals surface area contributed by atoms with Crippen molar-refractivity contribution in [1.82, 2.24) is 0 Å². The second-order valence-corrected chi connectivity index (χ2v) is 4.83. The SMILES string of the molecule is CCCCCC[C@H](Br)c1ccccc1. The van der Waals surface area contributed by atoms with Crippen LogP contribution in [0, 0.1) is 0 Å². The van der Waals surface area contributed by atoms with Crippen LogP contribution in [0.4, 0.5) is 0 Å². The highest BCUT2D eigenvalue weighted by atomic mass is 79.9. The number of unbranched alkanes of at least 4 members (excludes halogenated alkanes) is 3. The summed E-state index contributed by atoms with van der Waals surface area (Å²) in [7, 11) is 0. The Morgan fingerprint density at radius 1 is 1.07 bits per heavy atom. The van der Waals surface area contributed by atoms with E-state index in [2.05, 4.69) is 53.2 Å². The highest BCUT2D eigenvalue weighted by Crippen LogP contribution is 2.28. The molecule has 0 aliphatic heterocycles. The van der Waals surface area contributed by atoms with Crippen molar-refractivity contribution >= 4 is 15.9 Å². The molecule has 0 aliphatic carbocycles. The molecule has 0 bridgehead atoms. The first-order chi connectivity index (χ1) is 6.84. The summed E-state index contributed by atoms with van der Waals surface area (Å²) in [6.07, 6.45) is 6.64. The number of halogens is 1. The molecule has 0 aliphatic rings. The summed E-state index contributed by atoms with van der Waals surface area (Å²) < 4.78 is 0. The minimum atomic E-state index is 0.542. The zero-order valence-electron chi connectivity index (χ0n) is 8.88. The Morgan fingerprint density at radius 3 is 2.43 bits per heavy atom. The Bertz CT molecular complexity index is 230. The fraction of sp³-hybridized carbons (Fsp3) is 0.538. The highest BCUT2D eigenvalue weighted by Gasteiger charge is 2.05. The van der Waals surface area contributed by atoms with Crippen LogP contribution in [0.2, 0.25) is 0 Å². The summed E-state index contributed by atoms with van der Waals surface area (Å²) in [6.45, 7) is 2.25. The average Bonchev–Trinajstić information content (AvgIpc) is 2.25. The molecule has 1 heteroatoms. The molecule has 1 aromatic carbocycles. The van der Waals surface area contributed by atoms with Gasteiger partial charge in [-0.2, -0.15) is 0 Å². The van der Waals surface area contributed by atoms with Crippen molar-refractivity contribution in [2.45, 2.75) is 43.9 Å². The van der Waals surface area contributed by atoms with Crippen LogP contribution >= 0.6 is 15.9 Å². The van der Waals surface area contributed by atoms with Gasteiger partial charge in [-0.1, -0.05) is 78.9 Å². The summed E-state index contributed by atoms with van der Waals surface area (Å²) in [6, 6.07) is 10.7. The Labute approximate surface area is 95.9 Å². The molecule has 0 heterocycles. The quantitative estimate of drug-likeness (QED) is 0.490. The van der Waals surface area contributed by atoms with E-state index in [1.54, 1.807) is 0 Å². The maximum atomic E-state index is 3.74. The minimum Gasteiger partial charge on any atom is -0.0839 e. The third kappa shape index (κ3) is 4.28. The highest BCUT2D eigenvalue weighted by molar-refractivity contribution is 9.09. The first-order valence-electron chi connectivity index (χ1n) is 5.53. The molecule has 0 N–H and O–H groups in total. The molecule has 0 spiro atoms. The van der Waals surface area contributed by atoms with E-state index in [9.17, 15) is 0 Å². The number of rotatable bonds is 6. The Morgan fingerprint density at radius 2 is 1.79 bits per heavy atom. The first-order valence-corrected chi connectivity index (χ1v) is 6.45. The lowest BCUT2D eigenvalue weighted by Gasteiger charge is -2.09. The normalized spacial score (nSPS) is 12.7. The van der Waals surface area contributed by atoms with Crippen molar-refractivity contribution in [3.05, 3.63) is 35.9 Å². The second-order valence-electron chi connectivity index (χ2n) is 3.73. The standard InChI is InChI=1S/C13H19Br/c1-2-3-4-8-11-13(14)12-9-6-5-7-10-12/h5-7,9-10,13H,2-4,8,11H2,1H3/t13-/m0/s1. The van der Waals surface area contributed by atoms with Gasteiger partial charge in [-0.15, -0.1) is 0 Å². The molecule has 1 atom stereocenters. The van der Waals surface area contributed by atoms with Crippen LogP contribution in [0.1, 0.15) is 49.4 Å². The predicted molar refractivity (Wildman–Crippen MR) is 66.9 cm³/mol. The van der Waals surface area contributed by atoms with E-state index in [0.29, 0.717) is 4.83 Å². The second kappa shape index (κ2) is 7.05. The summed E-state index contributed by atoms with van der Waals surface area (Å²) >= 11 is 3.74. The van der Waals surface area contributed by atoms with Gasteiger partial charge in [-0.05, 0) is 12.0 Å². The minimum absolute atomic E-state index is 0.542. The van der Waals surface area contributed by atoms with Gasteiger partial charge >= 0.3 is 0 Å². The lowest BCUT2D eigenvalue weighted by Crippen LogP contribution is -1.89. The van der Waals surface area contributed by atoms with Crippen LogP contribution in [0.3, 0.4) is 0 Å². The van der Waals surface area contributed by atoms with Gasteiger partial charge in [0.15, 0.2) is 0 Å². The Kier molecular flexibility index (Phi) is 5.93. The van der Waals surface area contributed by atoms with E-state index in [0.717, 1.165) is 0 Å². The van der Waals surface area contributed by atoms with Crippen molar-refractivity contribution in [2.75, 3.05) is 0 Å². The van der Waals surface area contributed by atoms with Gasteiger partial charge in [0.05, 0.1) is 0 Å². The maximum Gasteiger partial charge on any atom is 0.0395 e.